The van der Waals surface area contributed by atoms with Crippen LogP contribution in [0.3, 0.4) is 0 Å². The molecule has 138 valence electrons. The number of urea groups is 1. The SMILES string of the molecule is COc1ccc(NC(=O)NC(=O)COC(=O)c2c[nH]c3ccccc23)cc1. The van der Waals surface area contributed by atoms with Crippen molar-refractivity contribution >= 4 is 34.5 Å². The minimum Gasteiger partial charge on any atom is -0.497 e. The quantitative estimate of drug-likeness (QED) is 0.601. The topological polar surface area (TPSA) is 110 Å². The van der Waals surface area contributed by atoms with Crippen molar-refractivity contribution in [3.63, 3.8) is 0 Å². The van der Waals surface area contributed by atoms with Crippen molar-refractivity contribution in [2.24, 2.45) is 0 Å². The predicted molar refractivity (Wildman–Crippen MR) is 98.7 cm³/mol. The number of hydrogen-bond donors (Lipinski definition) is 3. The Morgan fingerprint density at radius 1 is 1.04 bits per heavy atom. The highest BCUT2D eigenvalue weighted by atomic mass is 16.5. The molecular weight excluding hydrogens is 350 g/mol. The van der Waals surface area contributed by atoms with Crippen LogP contribution in [0, 0.1) is 0 Å². The lowest BCUT2D eigenvalue weighted by atomic mass is 10.2. The third-order valence-corrected chi connectivity index (χ3v) is 3.74. The molecule has 8 nitrogen and oxygen atoms in total. The maximum Gasteiger partial charge on any atom is 0.340 e. The van der Waals surface area contributed by atoms with Crippen LogP contribution >= 0.6 is 0 Å². The number of amides is 3. The average Bonchev–Trinajstić information content (AvgIpc) is 3.11. The zero-order valence-corrected chi connectivity index (χ0v) is 14.4. The van der Waals surface area contributed by atoms with Gasteiger partial charge < -0.3 is 19.8 Å². The summed E-state index contributed by atoms with van der Waals surface area (Å²) in [7, 11) is 1.53. The fraction of sp³-hybridized carbons (Fsp3) is 0.105. The molecule has 0 bridgehead atoms. The largest absolute Gasteiger partial charge is 0.497 e. The van der Waals surface area contributed by atoms with E-state index in [2.05, 4.69) is 15.6 Å². The standard InChI is InChI=1S/C19H17N3O5/c1-26-13-8-6-12(7-9-13)21-19(25)22-17(23)11-27-18(24)15-10-20-16-5-3-2-4-14(15)16/h2-10,20H,11H2,1H3,(H2,21,22,23,25). The summed E-state index contributed by atoms with van der Waals surface area (Å²) in [5.41, 5.74) is 1.59. The highest BCUT2D eigenvalue weighted by Crippen LogP contribution is 2.18. The second kappa shape index (κ2) is 8.05. The van der Waals surface area contributed by atoms with Gasteiger partial charge in [-0.1, -0.05) is 18.2 Å². The van der Waals surface area contributed by atoms with Gasteiger partial charge in [-0.15, -0.1) is 0 Å². The van der Waals surface area contributed by atoms with Gasteiger partial charge in [0.15, 0.2) is 6.61 Å². The second-order valence-electron chi connectivity index (χ2n) is 5.55. The van der Waals surface area contributed by atoms with Gasteiger partial charge in [0, 0.05) is 22.8 Å². The average molecular weight is 367 g/mol. The van der Waals surface area contributed by atoms with E-state index < -0.39 is 24.5 Å². The Labute approximate surface area is 154 Å². The van der Waals surface area contributed by atoms with Crippen LogP contribution in [-0.2, 0) is 9.53 Å². The molecule has 2 aromatic carbocycles. The normalized spacial score (nSPS) is 10.3. The zero-order valence-electron chi connectivity index (χ0n) is 14.4. The van der Waals surface area contributed by atoms with Gasteiger partial charge in [-0.2, -0.15) is 0 Å². The summed E-state index contributed by atoms with van der Waals surface area (Å²) in [6, 6.07) is 13.1. The first-order valence-corrected chi connectivity index (χ1v) is 8.05. The number of imide groups is 1. The number of nitrogens with one attached hydrogen (secondary N) is 3. The van der Waals surface area contributed by atoms with Crippen LogP contribution < -0.4 is 15.4 Å². The summed E-state index contributed by atoms with van der Waals surface area (Å²) in [5, 5.41) is 5.28. The van der Waals surface area contributed by atoms with Gasteiger partial charge in [-0.25, -0.2) is 9.59 Å². The summed E-state index contributed by atoms with van der Waals surface area (Å²) in [6.07, 6.45) is 1.52. The number of H-pyrrole nitrogens is 1. The number of carbonyl (C=O) groups excluding carboxylic acids is 3. The number of carbonyl (C=O) groups is 3. The predicted octanol–water partition coefficient (Wildman–Crippen LogP) is 2.68. The maximum absolute atomic E-state index is 12.1. The number of aromatic nitrogens is 1. The first kappa shape index (κ1) is 18.0. The molecule has 1 heterocycles. The van der Waals surface area contributed by atoms with Crippen LogP contribution in [0.15, 0.2) is 54.7 Å². The molecule has 0 aliphatic heterocycles. The Morgan fingerprint density at radius 3 is 2.52 bits per heavy atom. The third kappa shape index (κ3) is 4.43. The molecule has 0 atom stereocenters. The van der Waals surface area contributed by atoms with Crippen LogP contribution in [0.2, 0.25) is 0 Å². The molecule has 0 unspecified atom stereocenters. The van der Waals surface area contributed by atoms with Crippen molar-refractivity contribution in [1.29, 1.82) is 0 Å². The number of benzene rings is 2. The van der Waals surface area contributed by atoms with E-state index in [0.717, 1.165) is 5.52 Å². The van der Waals surface area contributed by atoms with E-state index in [1.807, 2.05) is 12.1 Å². The Morgan fingerprint density at radius 2 is 1.78 bits per heavy atom. The number of fused-ring (bicyclic) bond motifs is 1. The molecule has 0 saturated heterocycles. The van der Waals surface area contributed by atoms with Gasteiger partial charge in [-0.3, -0.25) is 10.1 Å². The Hall–Kier alpha value is -3.81. The minimum atomic E-state index is -0.741. The van der Waals surface area contributed by atoms with E-state index in [9.17, 15) is 14.4 Å². The second-order valence-corrected chi connectivity index (χ2v) is 5.55. The summed E-state index contributed by atoms with van der Waals surface area (Å²) < 4.78 is 9.99. The fourth-order valence-electron chi connectivity index (χ4n) is 2.45. The molecule has 27 heavy (non-hydrogen) atoms. The van der Waals surface area contributed by atoms with Crippen molar-refractivity contribution in [3.05, 3.63) is 60.3 Å². The Kier molecular flexibility index (Phi) is 5.36. The molecular formula is C19H17N3O5. The lowest BCUT2D eigenvalue weighted by Crippen LogP contribution is -2.37. The van der Waals surface area contributed by atoms with Crippen molar-refractivity contribution in [1.82, 2.24) is 10.3 Å². The smallest absolute Gasteiger partial charge is 0.340 e. The third-order valence-electron chi connectivity index (χ3n) is 3.74. The van der Waals surface area contributed by atoms with Gasteiger partial charge in [0.2, 0.25) is 0 Å². The number of anilines is 1. The van der Waals surface area contributed by atoms with Crippen LogP contribution in [0.25, 0.3) is 10.9 Å². The monoisotopic (exact) mass is 367 g/mol. The van der Waals surface area contributed by atoms with E-state index in [0.29, 0.717) is 22.4 Å². The van der Waals surface area contributed by atoms with E-state index in [1.165, 1.54) is 13.3 Å². The van der Waals surface area contributed by atoms with Gasteiger partial charge in [0.25, 0.3) is 5.91 Å². The summed E-state index contributed by atoms with van der Waals surface area (Å²) in [6.45, 7) is -0.575. The van der Waals surface area contributed by atoms with Gasteiger partial charge in [0.1, 0.15) is 5.75 Å². The van der Waals surface area contributed by atoms with Crippen LogP contribution in [0.4, 0.5) is 10.5 Å². The number of ether oxygens (including phenoxy) is 2. The number of rotatable bonds is 5. The molecule has 3 amide bonds. The number of para-hydroxylation sites is 1. The molecule has 0 radical (unpaired) electrons. The van der Waals surface area contributed by atoms with Gasteiger partial charge in [-0.05, 0) is 30.3 Å². The Balaban J connectivity index is 1.50. The molecule has 0 spiro atoms. The van der Waals surface area contributed by atoms with Crippen molar-refractivity contribution in [3.8, 4) is 5.75 Å². The number of hydrogen-bond acceptors (Lipinski definition) is 5. The fourth-order valence-corrected chi connectivity index (χ4v) is 2.45. The highest BCUT2D eigenvalue weighted by molar-refractivity contribution is 6.05. The molecule has 0 aliphatic rings. The van der Waals surface area contributed by atoms with Gasteiger partial charge in [0.05, 0.1) is 12.7 Å². The lowest BCUT2D eigenvalue weighted by molar-refractivity contribution is -0.123. The van der Waals surface area contributed by atoms with E-state index in [4.69, 9.17) is 9.47 Å². The number of esters is 1. The van der Waals surface area contributed by atoms with Crippen molar-refractivity contribution in [2.75, 3.05) is 19.0 Å². The maximum atomic E-state index is 12.1. The highest BCUT2D eigenvalue weighted by Gasteiger charge is 2.16. The molecule has 1 aromatic heterocycles. The molecule has 3 aromatic rings. The zero-order chi connectivity index (χ0) is 19.2. The molecule has 3 rings (SSSR count). The van der Waals surface area contributed by atoms with Crippen LogP contribution in [0.5, 0.6) is 5.75 Å². The van der Waals surface area contributed by atoms with Crippen LogP contribution in [-0.4, -0.2) is 36.6 Å². The minimum absolute atomic E-state index is 0.320. The van der Waals surface area contributed by atoms with Crippen molar-refractivity contribution in [2.45, 2.75) is 0 Å². The van der Waals surface area contributed by atoms with Crippen LogP contribution in [0.1, 0.15) is 10.4 Å². The van der Waals surface area contributed by atoms with E-state index >= 15 is 0 Å². The molecule has 8 heteroatoms. The van der Waals surface area contributed by atoms with E-state index in [-0.39, 0.29) is 0 Å². The summed E-state index contributed by atoms with van der Waals surface area (Å²) in [4.78, 5) is 38.7. The lowest BCUT2D eigenvalue weighted by Gasteiger charge is -2.08. The summed E-state index contributed by atoms with van der Waals surface area (Å²) >= 11 is 0. The van der Waals surface area contributed by atoms with Gasteiger partial charge >= 0.3 is 12.0 Å². The number of methoxy groups -OCH3 is 1. The molecule has 3 N–H and O–H groups in total. The van der Waals surface area contributed by atoms with Crippen molar-refractivity contribution < 1.29 is 23.9 Å². The first-order chi connectivity index (χ1) is 13.1. The molecule has 0 fully saturated rings. The van der Waals surface area contributed by atoms with E-state index in [1.54, 1.807) is 36.4 Å². The molecule has 0 saturated carbocycles. The Bertz CT molecular complexity index is 978. The first-order valence-electron chi connectivity index (χ1n) is 8.05. The summed E-state index contributed by atoms with van der Waals surface area (Å²) in [5.74, 6) is -0.756. The number of aromatic amines is 1. The molecule has 0 aliphatic carbocycles.